The summed E-state index contributed by atoms with van der Waals surface area (Å²) < 4.78 is 31.4. The summed E-state index contributed by atoms with van der Waals surface area (Å²) in [7, 11) is -3.75. The van der Waals surface area contributed by atoms with Gasteiger partial charge < -0.3 is 10.1 Å². The maximum Gasteiger partial charge on any atom is 0.338 e. The fourth-order valence-electron chi connectivity index (χ4n) is 2.24. The summed E-state index contributed by atoms with van der Waals surface area (Å²) >= 11 is 0. The Morgan fingerprint density at radius 3 is 2.38 bits per heavy atom. The third kappa shape index (κ3) is 6.40. The summed E-state index contributed by atoms with van der Waals surface area (Å²) in [5.41, 5.74) is 0.443. The van der Waals surface area contributed by atoms with Crippen LogP contribution in [0.15, 0.2) is 59.5 Å². The van der Waals surface area contributed by atoms with Crippen molar-refractivity contribution in [2.75, 3.05) is 11.9 Å². The van der Waals surface area contributed by atoms with Gasteiger partial charge in [-0.15, -0.1) is 0 Å². The molecule has 9 nitrogen and oxygen atoms in total. The van der Waals surface area contributed by atoms with Gasteiger partial charge in [-0.1, -0.05) is 31.2 Å². The van der Waals surface area contributed by atoms with Crippen LogP contribution in [0.4, 0.5) is 10.5 Å². The van der Waals surface area contributed by atoms with Crippen LogP contribution in [0.1, 0.15) is 24.2 Å². The second-order valence-corrected chi connectivity index (χ2v) is 7.65. The highest BCUT2D eigenvalue weighted by Gasteiger charge is 2.22. The van der Waals surface area contributed by atoms with Crippen molar-refractivity contribution in [2.45, 2.75) is 24.8 Å². The Morgan fingerprint density at radius 1 is 1.03 bits per heavy atom. The van der Waals surface area contributed by atoms with E-state index in [1.54, 1.807) is 37.3 Å². The quantitative estimate of drug-likeness (QED) is 0.588. The molecule has 1 unspecified atom stereocenters. The number of carbonyl (C=O) groups excluding carboxylic acids is 3. The second-order valence-electron chi connectivity index (χ2n) is 5.89. The van der Waals surface area contributed by atoms with E-state index in [9.17, 15) is 22.8 Å². The van der Waals surface area contributed by atoms with E-state index >= 15 is 0 Å². The van der Waals surface area contributed by atoms with Gasteiger partial charge in [0.2, 0.25) is 10.0 Å². The minimum Gasteiger partial charge on any atom is -0.449 e. The lowest BCUT2D eigenvalue weighted by atomic mass is 10.2. The number of amides is 3. The van der Waals surface area contributed by atoms with Crippen LogP contribution in [0.2, 0.25) is 0 Å². The van der Waals surface area contributed by atoms with Gasteiger partial charge in [0.1, 0.15) is 0 Å². The Morgan fingerprint density at radius 2 is 1.72 bits per heavy atom. The average molecular weight is 419 g/mol. The normalized spacial score (nSPS) is 11.9. The lowest BCUT2D eigenvalue weighted by Crippen LogP contribution is -2.41. The van der Waals surface area contributed by atoms with Crippen LogP contribution in [0.25, 0.3) is 0 Å². The Kier molecular flexibility index (Phi) is 7.46. The number of rotatable bonds is 7. The van der Waals surface area contributed by atoms with Crippen LogP contribution in [-0.4, -0.2) is 39.0 Å². The Labute approximate surface area is 168 Å². The Balaban J connectivity index is 1.97. The number of ether oxygens (including phenoxy) is 1. The Hall–Kier alpha value is -3.24. The first-order valence-corrected chi connectivity index (χ1v) is 10.2. The fourth-order valence-corrected chi connectivity index (χ4v) is 3.33. The molecule has 3 amide bonds. The molecule has 2 rings (SSSR count). The molecule has 1 atom stereocenters. The number of hydrogen-bond donors (Lipinski definition) is 3. The van der Waals surface area contributed by atoms with Gasteiger partial charge in [-0.25, -0.2) is 22.7 Å². The molecule has 3 N–H and O–H groups in total. The summed E-state index contributed by atoms with van der Waals surface area (Å²) in [5.74, 6) is -1.73. The van der Waals surface area contributed by atoms with Crippen LogP contribution in [0, 0.1) is 0 Å². The molecule has 0 aromatic heterocycles. The van der Waals surface area contributed by atoms with E-state index in [1.807, 2.05) is 0 Å². The number of nitrogens with one attached hydrogen (secondary N) is 3. The van der Waals surface area contributed by atoms with Crippen LogP contribution in [-0.2, 0) is 19.6 Å². The maximum absolute atomic E-state index is 12.3. The molecule has 2 aromatic carbocycles. The third-order valence-corrected chi connectivity index (χ3v) is 5.18. The van der Waals surface area contributed by atoms with Crippen LogP contribution >= 0.6 is 0 Å². The van der Waals surface area contributed by atoms with Crippen LogP contribution in [0.3, 0.4) is 0 Å². The molecule has 0 spiro atoms. The minimum atomic E-state index is -3.75. The first kappa shape index (κ1) is 22.1. The lowest BCUT2D eigenvalue weighted by Gasteiger charge is -2.14. The van der Waals surface area contributed by atoms with Crippen molar-refractivity contribution < 1.29 is 27.5 Å². The van der Waals surface area contributed by atoms with Crippen molar-refractivity contribution in [1.82, 2.24) is 10.0 Å². The molecule has 29 heavy (non-hydrogen) atoms. The van der Waals surface area contributed by atoms with Crippen molar-refractivity contribution in [3.8, 4) is 0 Å². The average Bonchev–Trinajstić information content (AvgIpc) is 2.68. The molecule has 0 bridgehead atoms. The SMILES string of the molecule is CCNS(=O)(=O)c1cccc(C(=O)OC(C)C(=O)NC(=O)Nc2ccccc2)c1. The van der Waals surface area contributed by atoms with Crippen molar-refractivity contribution in [1.29, 1.82) is 0 Å². The highest BCUT2D eigenvalue weighted by atomic mass is 32.2. The molecule has 2 aromatic rings. The van der Waals surface area contributed by atoms with Gasteiger partial charge in [0.25, 0.3) is 5.91 Å². The molecule has 0 saturated heterocycles. The minimum absolute atomic E-state index is 0.0441. The molecule has 0 fully saturated rings. The monoisotopic (exact) mass is 419 g/mol. The number of hydrogen-bond acceptors (Lipinski definition) is 6. The summed E-state index contributed by atoms with van der Waals surface area (Å²) in [6, 6.07) is 12.9. The summed E-state index contributed by atoms with van der Waals surface area (Å²) in [6.45, 7) is 3.12. The maximum atomic E-state index is 12.3. The number of benzene rings is 2. The fraction of sp³-hybridized carbons (Fsp3) is 0.211. The topological polar surface area (TPSA) is 131 Å². The smallest absolute Gasteiger partial charge is 0.338 e. The zero-order valence-corrected chi connectivity index (χ0v) is 16.7. The molecule has 0 heterocycles. The summed E-state index contributed by atoms with van der Waals surface area (Å²) in [5, 5.41) is 4.53. The van der Waals surface area contributed by atoms with Gasteiger partial charge in [0, 0.05) is 12.2 Å². The summed E-state index contributed by atoms with van der Waals surface area (Å²) in [4.78, 5) is 36.1. The van der Waals surface area contributed by atoms with Gasteiger partial charge in [-0.05, 0) is 37.3 Å². The van der Waals surface area contributed by atoms with Crippen LogP contribution < -0.4 is 15.4 Å². The zero-order valence-electron chi connectivity index (χ0n) is 15.8. The highest BCUT2D eigenvalue weighted by molar-refractivity contribution is 7.89. The lowest BCUT2D eigenvalue weighted by molar-refractivity contribution is -0.127. The molecular weight excluding hydrogens is 398 g/mol. The van der Waals surface area contributed by atoms with Crippen molar-refractivity contribution in [2.24, 2.45) is 0 Å². The van der Waals surface area contributed by atoms with E-state index < -0.39 is 34.0 Å². The highest BCUT2D eigenvalue weighted by Crippen LogP contribution is 2.13. The van der Waals surface area contributed by atoms with Crippen LogP contribution in [0.5, 0.6) is 0 Å². The van der Waals surface area contributed by atoms with Crippen molar-refractivity contribution in [3.63, 3.8) is 0 Å². The molecule has 0 aliphatic heterocycles. The van der Waals surface area contributed by atoms with Gasteiger partial charge in [-0.2, -0.15) is 0 Å². The Bertz CT molecular complexity index is 992. The number of imide groups is 1. The molecule has 0 radical (unpaired) electrons. The predicted octanol–water partition coefficient (Wildman–Crippen LogP) is 1.88. The van der Waals surface area contributed by atoms with Gasteiger partial charge >= 0.3 is 12.0 Å². The molecule has 0 saturated carbocycles. The number of esters is 1. The van der Waals surface area contributed by atoms with Crippen molar-refractivity contribution in [3.05, 3.63) is 60.2 Å². The van der Waals surface area contributed by atoms with E-state index in [0.717, 1.165) is 6.07 Å². The standard InChI is InChI=1S/C19H21N3O6S/c1-3-20-29(26,27)16-11-7-8-14(12-16)18(24)28-13(2)17(23)22-19(25)21-15-9-5-4-6-10-15/h4-13,20H,3H2,1-2H3,(H2,21,22,23,25). The first-order chi connectivity index (χ1) is 13.7. The van der Waals surface area contributed by atoms with Gasteiger partial charge in [0.15, 0.2) is 6.10 Å². The van der Waals surface area contributed by atoms with E-state index in [1.165, 1.54) is 25.1 Å². The van der Waals surface area contributed by atoms with E-state index in [-0.39, 0.29) is 17.0 Å². The van der Waals surface area contributed by atoms with E-state index in [2.05, 4.69) is 15.4 Å². The number of para-hydroxylation sites is 1. The number of anilines is 1. The largest absolute Gasteiger partial charge is 0.449 e. The number of carbonyl (C=O) groups is 3. The first-order valence-electron chi connectivity index (χ1n) is 8.70. The summed E-state index contributed by atoms with van der Waals surface area (Å²) in [6.07, 6.45) is -1.28. The number of sulfonamides is 1. The molecule has 10 heteroatoms. The van der Waals surface area contributed by atoms with Gasteiger partial charge in [-0.3, -0.25) is 10.1 Å². The van der Waals surface area contributed by atoms with E-state index in [4.69, 9.17) is 4.74 Å². The number of urea groups is 1. The molecule has 154 valence electrons. The second kappa shape index (κ2) is 9.80. The molecule has 0 aliphatic carbocycles. The van der Waals surface area contributed by atoms with Gasteiger partial charge in [0.05, 0.1) is 10.5 Å². The predicted molar refractivity (Wildman–Crippen MR) is 106 cm³/mol. The van der Waals surface area contributed by atoms with Crippen molar-refractivity contribution >= 4 is 33.6 Å². The molecular formula is C19H21N3O6S. The molecule has 0 aliphatic rings. The zero-order chi connectivity index (χ0) is 21.4. The van der Waals surface area contributed by atoms with E-state index in [0.29, 0.717) is 5.69 Å². The third-order valence-electron chi connectivity index (χ3n) is 3.64.